The summed E-state index contributed by atoms with van der Waals surface area (Å²) in [5.74, 6) is -0.151. The van der Waals surface area contributed by atoms with Crippen molar-refractivity contribution < 1.29 is 18.0 Å². The van der Waals surface area contributed by atoms with Gasteiger partial charge in [0, 0.05) is 43.7 Å². The Morgan fingerprint density at radius 3 is 2.45 bits per heavy atom. The topological polar surface area (TPSA) is 53.4 Å². The van der Waals surface area contributed by atoms with Crippen molar-refractivity contribution in [2.75, 3.05) is 38.5 Å². The Bertz CT molecular complexity index is 890. The largest absolute Gasteiger partial charge is 0.410 e. The number of nitrogens with one attached hydrogen (secondary N) is 1. The highest BCUT2D eigenvalue weighted by molar-refractivity contribution is 6.30. The molecule has 2 aromatic rings. The molecule has 1 aromatic carbocycles. The van der Waals surface area contributed by atoms with Gasteiger partial charge in [-0.1, -0.05) is 23.7 Å². The van der Waals surface area contributed by atoms with Crippen LogP contribution in [0.1, 0.15) is 34.6 Å². The Balaban J connectivity index is 1.63. The number of halogens is 4. The fraction of sp³-hybridized carbons (Fsp3) is 0.474. The first-order valence-corrected chi connectivity index (χ1v) is 9.76. The summed E-state index contributed by atoms with van der Waals surface area (Å²) in [5, 5.41) is 7.66. The molecule has 29 heavy (non-hydrogen) atoms. The number of carbonyl (C=O) groups is 1. The number of amides is 1. The molecule has 4 rings (SSSR count). The van der Waals surface area contributed by atoms with E-state index in [1.807, 2.05) is 7.05 Å². The Morgan fingerprint density at radius 1 is 1.17 bits per heavy atom. The quantitative estimate of drug-likeness (QED) is 0.796. The lowest BCUT2D eigenvalue weighted by Crippen LogP contribution is -2.47. The van der Waals surface area contributed by atoms with Gasteiger partial charge >= 0.3 is 6.18 Å². The van der Waals surface area contributed by atoms with Crippen molar-refractivity contribution in [2.24, 2.45) is 0 Å². The first-order valence-electron chi connectivity index (χ1n) is 9.38. The molecule has 2 aliphatic rings. The Morgan fingerprint density at radius 2 is 1.83 bits per heavy atom. The van der Waals surface area contributed by atoms with Crippen LogP contribution >= 0.6 is 11.6 Å². The van der Waals surface area contributed by atoms with Gasteiger partial charge in [0.25, 0.3) is 5.91 Å². The number of alkyl halides is 3. The average Bonchev–Trinajstić information content (AvgIpc) is 3.11. The second-order valence-electron chi connectivity index (χ2n) is 7.50. The smallest absolute Gasteiger partial charge is 0.363 e. The van der Waals surface area contributed by atoms with Crippen molar-refractivity contribution in [2.45, 2.75) is 24.7 Å². The summed E-state index contributed by atoms with van der Waals surface area (Å²) in [6.07, 6.45) is -4.70. The zero-order chi connectivity index (χ0) is 20.8. The van der Waals surface area contributed by atoms with Gasteiger partial charge in [-0.2, -0.15) is 18.3 Å². The number of fused-ring (bicyclic) bond motifs is 1. The van der Waals surface area contributed by atoms with Crippen LogP contribution in [0.2, 0.25) is 5.02 Å². The number of nitrogens with zero attached hydrogens (tertiary/aromatic N) is 4. The highest BCUT2D eigenvalue weighted by Gasteiger charge is 2.47. The van der Waals surface area contributed by atoms with Gasteiger partial charge in [0.05, 0.1) is 6.04 Å². The lowest BCUT2D eigenvalue weighted by Gasteiger charge is -2.33. The van der Waals surface area contributed by atoms with Gasteiger partial charge in [-0.05, 0) is 24.7 Å². The highest BCUT2D eigenvalue weighted by atomic mass is 35.5. The van der Waals surface area contributed by atoms with Crippen molar-refractivity contribution in [1.29, 1.82) is 0 Å². The number of hydrogen-bond donors (Lipinski definition) is 1. The van der Waals surface area contributed by atoms with E-state index in [4.69, 9.17) is 11.6 Å². The molecule has 3 heterocycles. The molecule has 6 nitrogen and oxygen atoms in total. The number of aromatic nitrogens is 2. The summed E-state index contributed by atoms with van der Waals surface area (Å²) >= 11 is 5.89. The minimum atomic E-state index is -4.48. The van der Waals surface area contributed by atoms with E-state index in [1.165, 1.54) is 6.07 Å². The molecule has 1 saturated heterocycles. The second kappa shape index (κ2) is 7.53. The van der Waals surface area contributed by atoms with Gasteiger partial charge in [-0.15, -0.1) is 0 Å². The Hall–Kier alpha value is -2.26. The van der Waals surface area contributed by atoms with Crippen molar-refractivity contribution in [3.05, 3.63) is 46.6 Å². The number of piperazine rings is 1. The van der Waals surface area contributed by atoms with E-state index < -0.39 is 18.3 Å². The molecule has 0 spiro atoms. The summed E-state index contributed by atoms with van der Waals surface area (Å²) in [7, 11) is 1.96. The highest BCUT2D eigenvalue weighted by Crippen LogP contribution is 2.43. The van der Waals surface area contributed by atoms with Crippen LogP contribution in [-0.4, -0.2) is 64.9 Å². The summed E-state index contributed by atoms with van der Waals surface area (Å²) in [5.41, 5.74) is 0.728. The van der Waals surface area contributed by atoms with Crippen LogP contribution in [0.4, 0.5) is 19.0 Å². The third-order valence-corrected chi connectivity index (χ3v) is 5.72. The zero-order valence-electron chi connectivity index (χ0n) is 15.8. The minimum absolute atomic E-state index is 0.0306. The van der Waals surface area contributed by atoms with E-state index in [0.717, 1.165) is 17.8 Å². The molecule has 0 radical (unpaired) electrons. The van der Waals surface area contributed by atoms with Crippen LogP contribution < -0.4 is 5.32 Å². The molecule has 2 aliphatic heterocycles. The molecule has 10 heteroatoms. The van der Waals surface area contributed by atoms with Crippen LogP contribution in [0.3, 0.4) is 0 Å². The molecule has 0 aliphatic carbocycles. The summed E-state index contributed by atoms with van der Waals surface area (Å²) in [6.45, 7) is 2.50. The summed E-state index contributed by atoms with van der Waals surface area (Å²) < 4.78 is 42.2. The first kappa shape index (κ1) is 20.0. The third-order valence-electron chi connectivity index (χ3n) is 5.47. The number of anilines is 1. The standard InChI is InChI=1S/C19H21ClF3N5O/c1-26-6-8-27(9-7-26)18(29)15-11-17-24-14(12-2-4-13(20)5-3-12)10-16(19(21,22)23)28(17)25-15/h2-5,11,14,16,24H,6-10H2,1H3. The molecule has 0 saturated carbocycles. The van der Waals surface area contributed by atoms with E-state index in [0.29, 0.717) is 23.7 Å². The lowest BCUT2D eigenvalue weighted by molar-refractivity contribution is -0.173. The zero-order valence-corrected chi connectivity index (χ0v) is 16.5. The number of carbonyl (C=O) groups excluding carboxylic acids is 1. The van der Waals surface area contributed by atoms with Crippen LogP contribution in [0.15, 0.2) is 30.3 Å². The van der Waals surface area contributed by atoms with Crippen LogP contribution in [0, 0.1) is 0 Å². The van der Waals surface area contributed by atoms with Crippen LogP contribution in [-0.2, 0) is 0 Å². The maximum absolute atomic E-state index is 13.8. The lowest BCUT2D eigenvalue weighted by atomic mass is 9.97. The normalized spacial score (nSPS) is 22.9. The SMILES string of the molecule is CN1CCN(C(=O)c2cc3n(n2)C(C(F)(F)F)CC(c2ccc(Cl)cc2)N3)CC1. The van der Waals surface area contributed by atoms with Gasteiger partial charge in [0.1, 0.15) is 5.82 Å². The van der Waals surface area contributed by atoms with Crippen molar-refractivity contribution >= 4 is 23.3 Å². The molecule has 2 unspecified atom stereocenters. The predicted molar refractivity (Wildman–Crippen MR) is 103 cm³/mol. The summed E-state index contributed by atoms with van der Waals surface area (Å²) in [6, 6.07) is 5.75. The molecule has 156 valence electrons. The number of rotatable bonds is 2. The fourth-order valence-corrected chi connectivity index (χ4v) is 3.89. The number of hydrogen-bond acceptors (Lipinski definition) is 4. The van der Waals surface area contributed by atoms with Gasteiger partial charge < -0.3 is 15.1 Å². The van der Waals surface area contributed by atoms with Gasteiger partial charge in [0.15, 0.2) is 11.7 Å². The Labute approximate surface area is 171 Å². The monoisotopic (exact) mass is 427 g/mol. The molecular weight excluding hydrogens is 407 g/mol. The van der Waals surface area contributed by atoms with Crippen molar-refractivity contribution in [1.82, 2.24) is 19.6 Å². The van der Waals surface area contributed by atoms with Crippen molar-refractivity contribution in [3.63, 3.8) is 0 Å². The Kier molecular flexibility index (Phi) is 5.20. The average molecular weight is 428 g/mol. The summed E-state index contributed by atoms with van der Waals surface area (Å²) in [4.78, 5) is 16.5. The molecule has 1 aromatic heterocycles. The van der Waals surface area contributed by atoms with Gasteiger partial charge in [-0.25, -0.2) is 4.68 Å². The molecule has 1 N–H and O–H groups in total. The maximum Gasteiger partial charge on any atom is 0.410 e. The number of benzene rings is 1. The minimum Gasteiger partial charge on any atom is -0.363 e. The van der Waals surface area contributed by atoms with Gasteiger partial charge in [0.2, 0.25) is 0 Å². The predicted octanol–water partition coefficient (Wildman–Crippen LogP) is 3.58. The fourth-order valence-electron chi connectivity index (χ4n) is 3.76. The third kappa shape index (κ3) is 4.06. The van der Waals surface area contributed by atoms with E-state index in [-0.39, 0.29) is 23.8 Å². The molecule has 0 bridgehead atoms. The van der Waals surface area contributed by atoms with E-state index in [9.17, 15) is 18.0 Å². The first-order chi connectivity index (χ1) is 13.7. The molecule has 1 fully saturated rings. The molecular formula is C19H21ClF3N5O. The van der Waals surface area contributed by atoms with E-state index in [1.54, 1.807) is 29.2 Å². The second-order valence-corrected chi connectivity index (χ2v) is 7.93. The van der Waals surface area contributed by atoms with E-state index >= 15 is 0 Å². The van der Waals surface area contributed by atoms with Gasteiger partial charge in [-0.3, -0.25) is 4.79 Å². The van der Waals surface area contributed by atoms with Crippen LogP contribution in [0.25, 0.3) is 0 Å². The molecule has 1 amide bonds. The van der Waals surface area contributed by atoms with E-state index in [2.05, 4.69) is 15.3 Å². The number of likely N-dealkylation sites (N-methyl/N-ethyl adjacent to an activating group) is 1. The molecule has 2 atom stereocenters. The van der Waals surface area contributed by atoms with Crippen molar-refractivity contribution in [3.8, 4) is 0 Å². The van der Waals surface area contributed by atoms with Crippen LogP contribution in [0.5, 0.6) is 0 Å². The maximum atomic E-state index is 13.8.